The Morgan fingerprint density at radius 1 is 1.30 bits per heavy atom. The van der Waals surface area contributed by atoms with Gasteiger partial charge in [-0.1, -0.05) is 47.2 Å². The molecule has 0 aliphatic rings. The molecule has 1 amide bonds. The minimum atomic E-state index is -0.375. The minimum Gasteiger partial charge on any atom is -0.295 e. The Morgan fingerprint density at radius 2 is 2.09 bits per heavy atom. The lowest BCUT2D eigenvalue weighted by Crippen LogP contribution is -2.14. The van der Waals surface area contributed by atoms with Gasteiger partial charge in [0.15, 0.2) is 5.69 Å². The molecule has 3 aromatic rings. The molecule has 0 fully saturated rings. The van der Waals surface area contributed by atoms with Crippen molar-refractivity contribution in [2.75, 3.05) is 5.32 Å². The summed E-state index contributed by atoms with van der Waals surface area (Å²) in [6.45, 7) is 3.74. The third-order valence-electron chi connectivity index (χ3n) is 3.18. The van der Waals surface area contributed by atoms with Crippen LogP contribution in [0, 0.1) is 6.92 Å². The first-order valence-corrected chi connectivity index (χ1v) is 8.10. The van der Waals surface area contributed by atoms with Gasteiger partial charge in [-0.15, -0.1) is 15.3 Å². The Bertz CT molecular complexity index is 859. The number of carbonyl (C=O) groups is 1. The van der Waals surface area contributed by atoms with E-state index in [0.717, 1.165) is 11.4 Å². The summed E-state index contributed by atoms with van der Waals surface area (Å²) in [6.07, 6.45) is 0.773. The molecule has 23 heavy (non-hydrogen) atoms. The molecule has 118 valence electrons. The van der Waals surface area contributed by atoms with Crippen LogP contribution in [0.4, 0.5) is 5.13 Å². The maximum Gasteiger partial charge on any atom is 0.279 e. The molecular formula is C14H13ClN6OS. The number of hydrogen-bond acceptors (Lipinski definition) is 6. The van der Waals surface area contributed by atoms with Crippen LogP contribution in [0.15, 0.2) is 24.3 Å². The first-order chi connectivity index (χ1) is 11.1. The van der Waals surface area contributed by atoms with E-state index in [1.807, 2.05) is 25.1 Å². The van der Waals surface area contributed by atoms with Gasteiger partial charge in [-0.05, 0) is 25.5 Å². The Balaban J connectivity index is 1.87. The molecular weight excluding hydrogens is 336 g/mol. The molecule has 1 N–H and O–H groups in total. The van der Waals surface area contributed by atoms with Crippen LogP contribution in [0.1, 0.15) is 28.1 Å². The van der Waals surface area contributed by atoms with Gasteiger partial charge in [-0.2, -0.15) is 0 Å². The van der Waals surface area contributed by atoms with E-state index < -0.39 is 0 Å². The van der Waals surface area contributed by atoms with Gasteiger partial charge in [0.1, 0.15) is 5.01 Å². The lowest BCUT2D eigenvalue weighted by atomic mass is 10.3. The number of hydrogen-bond donors (Lipinski definition) is 1. The zero-order valence-corrected chi connectivity index (χ0v) is 14.0. The molecule has 0 saturated carbocycles. The van der Waals surface area contributed by atoms with Crippen LogP contribution in [-0.2, 0) is 6.42 Å². The maximum absolute atomic E-state index is 12.3. The zero-order chi connectivity index (χ0) is 16.4. The van der Waals surface area contributed by atoms with Gasteiger partial charge < -0.3 is 0 Å². The van der Waals surface area contributed by atoms with Crippen LogP contribution < -0.4 is 5.32 Å². The van der Waals surface area contributed by atoms with Crippen molar-refractivity contribution >= 4 is 34.0 Å². The van der Waals surface area contributed by atoms with Gasteiger partial charge in [0.25, 0.3) is 5.91 Å². The van der Waals surface area contributed by atoms with Gasteiger partial charge in [0.2, 0.25) is 5.13 Å². The number of para-hydroxylation sites is 1. The van der Waals surface area contributed by atoms with Crippen LogP contribution in [0.5, 0.6) is 0 Å². The van der Waals surface area contributed by atoms with Crippen molar-refractivity contribution in [3.63, 3.8) is 0 Å². The number of benzene rings is 1. The molecule has 1 aromatic carbocycles. The van der Waals surface area contributed by atoms with Gasteiger partial charge >= 0.3 is 0 Å². The fourth-order valence-electron chi connectivity index (χ4n) is 1.99. The third kappa shape index (κ3) is 3.08. The second-order valence-electron chi connectivity index (χ2n) is 4.70. The van der Waals surface area contributed by atoms with Gasteiger partial charge in [-0.3, -0.25) is 10.1 Å². The normalized spacial score (nSPS) is 10.7. The van der Waals surface area contributed by atoms with Crippen molar-refractivity contribution < 1.29 is 4.79 Å². The number of carbonyl (C=O) groups excluding carboxylic acids is 1. The van der Waals surface area contributed by atoms with E-state index in [1.54, 1.807) is 13.0 Å². The summed E-state index contributed by atoms with van der Waals surface area (Å²) in [5.74, 6) is -0.375. The Kier molecular flexibility index (Phi) is 4.35. The van der Waals surface area contributed by atoms with Crippen LogP contribution in [0.25, 0.3) is 5.69 Å². The van der Waals surface area contributed by atoms with Crippen molar-refractivity contribution in [1.29, 1.82) is 0 Å². The fourth-order valence-corrected chi connectivity index (χ4v) is 2.88. The van der Waals surface area contributed by atoms with Crippen molar-refractivity contribution in [3.05, 3.63) is 45.7 Å². The number of amides is 1. The Morgan fingerprint density at radius 3 is 2.78 bits per heavy atom. The molecule has 3 rings (SSSR count). The number of anilines is 1. The number of aryl methyl sites for hydroxylation is 1. The Labute approximate surface area is 141 Å². The summed E-state index contributed by atoms with van der Waals surface area (Å²) >= 11 is 7.50. The summed E-state index contributed by atoms with van der Waals surface area (Å²) in [7, 11) is 0. The lowest BCUT2D eigenvalue weighted by Gasteiger charge is -2.05. The molecule has 0 atom stereocenters. The van der Waals surface area contributed by atoms with E-state index in [-0.39, 0.29) is 11.6 Å². The molecule has 0 aliphatic carbocycles. The molecule has 0 spiro atoms. The van der Waals surface area contributed by atoms with Gasteiger partial charge in [0.05, 0.1) is 16.4 Å². The van der Waals surface area contributed by atoms with Crippen LogP contribution in [-0.4, -0.2) is 31.1 Å². The Hall–Kier alpha value is -2.32. The summed E-state index contributed by atoms with van der Waals surface area (Å²) in [5, 5.41) is 20.4. The number of nitrogens with zero attached hydrogens (tertiary/aromatic N) is 5. The molecule has 0 aliphatic heterocycles. The molecule has 0 saturated heterocycles. The third-order valence-corrected chi connectivity index (χ3v) is 4.48. The first-order valence-electron chi connectivity index (χ1n) is 6.91. The standard InChI is InChI=1S/C14H13ClN6OS/c1-3-11-17-19-14(23-11)16-13(22)12-8(2)21(20-18-12)10-7-5-4-6-9(10)15/h4-7H,3H2,1-2H3,(H,16,19,22). The highest BCUT2D eigenvalue weighted by Crippen LogP contribution is 2.22. The number of nitrogens with one attached hydrogen (secondary N) is 1. The van der Waals surface area contributed by atoms with E-state index in [1.165, 1.54) is 16.0 Å². The predicted molar refractivity (Wildman–Crippen MR) is 88.3 cm³/mol. The topological polar surface area (TPSA) is 85.6 Å². The molecule has 9 heteroatoms. The molecule has 0 unspecified atom stereocenters. The zero-order valence-electron chi connectivity index (χ0n) is 12.4. The largest absolute Gasteiger partial charge is 0.295 e. The maximum atomic E-state index is 12.3. The summed E-state index contributed by atoms with van der Waals surface area (Å²) in [5.41, 5.74) is 1.48. The fraction of sp³-hybridized carbons (Fsp3) is 0.214. The summed E-state index contributed by atoms with van der Waals surface area (Å²) in [4.78, 5) is 12.3. The quantitative estimate of drug-likeness (QED) is 0.783. The highest BCUT2D eigenvalue weighted by Gasteiger charge is 2.19. The van der Waals surface area contributed by atoms with E-state index in [2.05, 4.69) is 25.8 Å². The van der Waals surface area contributed by atoms with Crippen molar-refractivity contribution in [2.45, 2.75) is 20.3 Å². The van der Waals surface area contributed by atoms with Crippen LogP contribution in [0.2, 0.25) is 5.02 Å². The number of halogens is 1. The lowest BCUT2D eigenvalue weighted by molar-refractivity contribution is 0.102. The van der Waals surface area contributed by atoms with E-state index in [4.69, 9.17) is 11.6 Å². The minimum absolute atomic E-state index is 0.221. The number of rotatable bonds is 4. The smallest absolute Gasteiger partial charge is 0.279 e. The molecule has 7 nitrogen and oxygen atoms in total. The van der Waals surface area contributed by atoms with Crippen LogP contribution >= 0.6 is 22.9 Å². The summed E-state index contributed by atoms with van der Waals surface area (Å²) in [6, 6.07) is 7.23. The monoisotopic (exact) mass is 348 g/mol. The van der Waals surface area contributed by atoms with Crippen molar-refractivity contribution in [3.8, 4) is 5.69 Å². The van der Waals surface area contributed by atoms with Gasteiger partial charge in [0, 0.05) is 0 Å². The van der Waals surface area contributed by atoms with E-state index in [0.29, 0.717) is 21.5 Å². The first kappa shape index (κ1) is 15.6. The molecule has 2 heterocycles. The highest BCUT2D eigenvalue weighted by molar-refractivity contribution is 7.15. The predicted octanol–water partition coefficient (Wildman–Crippen LogP) is 2.90. The van der Waals surface area contributed by atoms with Gasteiger partial charge in [-0.25, -0.2) is 4.68 Å². The van der Waals surface area contributed by atoms with Crippen molar-refractivity contribution in [2.24, 2.45) is 0 Å². The SMILES string of the molecule is CCc1nnc(NC(=O)c2nnn(-c3ccccc3Cl)c2C)s1. The summed E-state index contributed by atoms with van der Waals surface area (Å²) < 4.78 is 1.54. The van der Waals surface area contributed by atoms with Crippen LogP contribution in [0.3, 0.4) is 0 Å². The average Bonchev–Trinajstić information content (AvgIpc) is 3.14. The number of aromatic nitrogens is 5. The second-order valence-corrected chi connectivity index (χ2v) is 6.16. The second kappa shape index (κ2) is 6.43. The molecule has 2 aromatic heterocycles. The molecule has 0 bridgehead atoms. The molecule has 0 radical (unpaired) electrons. The van der Waals surface area contributed by atoms with E-state index in [9.17, 15) is 4.79 Å². The average molecular weight is 349 g/mol. The van der Waals surface area contributed by atoms with E-state index >= 15 is 0 Å². The highest BCUT2D eigenvalue weighted by atomic mass is 35.5. The van der Waals surface area contributed by atoms with Crippen molar-refractivity contribution in [1.82, 2.24) is 25.2 Å².